The first kappa shape index (κ1) is 13.7. The monoisotopic (exact) mass is 327 g/mol. The molecule has 0 aliphatic heterocycles. The summed E-state index contributed by atoms with van der Waals surface area (Å²) in [4.78, 5) is 2.38. The molecule has 1 aromatic heterocycles. The first-order chi connectivity index (χ1) is 8.63. The van der Waals surface area contributed by atoms with Crippen LogP contribution in [-0.4, -0.2) is 6.54 Å². The molecule has 96 valence electrons. The highest BCUT2D eigenvalue weighted by Crippen LogP contribution is 2.34. The highest BCUT2D eigenvalue weighted by Gasteiger charge is 2.20. The van der Waals surface area contributed by atoms with Gasteiger partial charge >= 0.3 is 0 Å². The minimum absolute atomic E-state index is 0.0933. The van der Waals surface area contributed by atoms with Crippen molar-refractivity contribution in [2.45, 2.75) is 19.9 Å². The van der Waals surface area contributed by atoms with Crippen LogP contribution in [0, 0.1) is 12.7 Å². The van der Waals surface area contributed by atoms with E-state index in [2.05, 4.69) is 40.3 Å². The summed E-state index contributed by atoms with van der Waals surface area (Å²) < 4.78 is 14.9. The quantitative estimate of drug-likeness (QED) is 0.861. The molecule has 4 heteroatoms. The fourth-order valence-electron chi connectivity index (χ4n) is 1.94. The molecule has 18 heavy (non-hydrogen) atoms. The van der Waals surface area contributed by atoms with Gasteiger partial charge in [-0.05, 0) is 37.7 Å². The molecular weight excluding hydrogens is 313 g/mol. The maximum Gasteiger partial charge on any atom is 0.129 e. The fraction of sp³-hybridized carbons (Fsp3) is 0.286. The third kappa shape index (κ3) is 2.82. The maximum atomic E-state index is 14.1. The Hall–Kier alpha value is -0.710. The van der Waals surface area contributed by atoms with Gasteiger partial charge in [-0.1, -0.05) is 28.9 Å². The Bertz CT molecular complexity index is 518. The number of hydrogen-bond donors (Lipinski definition) is 1. The largest absolute Gasteiger partial charge is 0.306 e. The Morgan fingerprint density at radius 2 is 2.11 bits per heavy atom. The SMILES string of the molecule is CCNC(c1ccc(C)s1)c1c(F)cccc1Br. The summed E-state index contributed by atoms with van der Waals surface area (Å²) in [6, 6.07) is 9.13. The van der Waals surface area contributed by atoms with Crippen molar-refractivity contribution >= 4 is 27.3 Å². The number of halogens is 2. The van der Waals surface area contributed by atoms with E-state index in [-0.39, 0.29) is 11.9 Å². The summed E-state index contributed by atoms with van der Waals surface area (Å²) >= 11 is 5.14. The van der Waals surface area contributed by atoms with Crippen molar-refractivity contribution in [3.05, 3.63) is 55.9 Å². The normalized spacial score (nSPS) is 12.7. The summed E-state index contributed by atoms with van der Waals surface area (Å²) in [5.41, 5.74) is 0.682. The Kier molecular flexibility index (Phi) is 4.54. The number of hydrogen-bond acceptors (Lipinski definition) is 2. The number of thiophene rings is 1. The van der Waals surface area contributed by atoms with Crippen molar-refractivity contribution < 1.29 is 4.39 Å². The second-order valence-electron chi connectivity index (χ2n) is 4.07. The first-order valence-electron chi connectivity index (χ1n) is 5.87. The van der Waals surface area contributed by atoms with Crippen LogP contribution in [0.1, 0.15) is 28.3 Å². The van der Waals surface area contributed by atoms with Gasteiger partial charge in [-0.25, -0.2) is 4.39 Å². The van der Waals surface area contributed by atoms with Gasteiger partial charge < -0.3 is 5.32 Å². The van der Waals surface area contributed by atoms with Gasteiger partial charge in [-0.15, -0.1) is 11.3 Å². The molecule has 0 radical (unpaired) electrons. The van der Waals surface area contributed by atoms with Crippen molar-refractivity contribution in [2.75, 3.05) is 6.54 Å². The highest BCUT2D eigenvalue weighted by molar-refractivity contribution is 9.10. The van der Waals surface area contributed by atoms with E-state index in [9.17, 15) is 4.39 Å². The molecule has 1 N–H and O–H groups in total. The smallest absolute Gasteiger partial charge is 0.129 e. The van der Waals surface area contributed by atoms with Gasteiger partial charge in [0.1, 0.15) is 5.82 Å². The molecule has 0 amide bonds. The minimum Gasteiger partial charge on any atom is -0.306 e. The number of benzene rings is 1. The summed E-state index contributed by atoms with van der Waals surface area (Å²) in [6.45, 7) is 4.89. The molecule has 0 aliphatic rings. The molecule has 1 aromatic carbocycles. The second kappa shape index (κ2) is 5.95. The van der Waals surface area contributed by atoms with Crippen LogP contribution in [0.2, 0.25) is 0 Å². The van der Waals surface area contributed by atoms with E-state index in [0.717, 1.165) is 15.9 Å². The topological polar surface area (TPSA) is 12.0 Å². The fourth-order valence-corrected chi connectivity index (χ4v) is 3.48. The van der Waals surface area contributed by atoms with Gasteiger partial charge in [0.25, 0.3) is 0 Å². The molecule has 0 fully saturated rings. The minimum atomic E-state index is -0.179. The second-order valence-corrected chi connectivity index (χ2v) is 6.25. The van der Waals surface area contributed by atoms with Gasteiger partial charge in [-0.2, -0.15) is 0 Å². The van der Waals surface area contributed by atoms with Gasteiger partial charge in [0.2, 0.25) is 0 Å². The van der Waals surface area contributed by atoms with Crippen LogP contribution in [0.25, 0.3) is 0 Å². The Morgan fingerprint density at radius 1 is 1.33 bits per heavy atom. The van der Waals surface area contributed by atoms with Crippen LogP contribution >= 0.6 is 27.3 Å². The summed E-state index contributed by atoms with van der Waals surface area (Å²) in [5.74, 6) is -0.179. The molecule has 2 rings (SSSR count). The Balaban J connectivity index is 2.47. The maximum absolute atomic E-state index is 14.1. The molecule has 0 saturated heterocycles. The molecular formula is C14H15BrFNS. The zero-order valence-corrected chi connectivity index (χ0v) is 12.7. The van der Waals surface area contributed by atoms with Crippen molar-refractivity contribution in [3.63, 3.8) is 0 Å². The van der Waals surface area contributed by atoms with E-state index < -0.39 is 0 Å². The Morgan fingerprint density at radius 3 is 2.67 bits per heavy atom. The van der Waals surface area contributed by atoms with Gasteiger partial charge in [0, 0.05) is 19.8 Å². The standard InChI is InChI=1S/C14H15BrFNS/c1-3-17-14(12-8-7-9(2)18-12)13-10(15)5-4-6-11(13)16/h4-8,14,17H,3H2,1-2H3. The van der Waals surface area contributed by atoms with Gasteiger partial charge in [0.15, 0.2) is 0 Å². The van der Waals surface area contributed by atoms with Crippen molar-refractivity contribution in [3.8, 4) is 0 Å². The van der Waals surface area contributed by atoms with Crippen LogP contribution in [0.4, 0.5) is 4.39 Å². The number of aryl methyl sites for hydroxylation is 1. The molecule has 0 saturated carbocycles. The highest BCUT2D eigenvalue weighted by atomic mass is 79.9. The third-order valence-electron chi connectivity index (χ3n) is 2.74. The van der Waals surface area contributed by atoms with Crippen molar-refractivity contribution in [2.24, 2.45) is 0 Å². The van der Waals surface area contributed by atoms with Crippen LogP contribution in [0.15, 0.2) is 34.8 Å². The Labute approximate surface area is 119 Å². The molecule has 1 unspecified atom stereocenters. The molecule has 0 bridgehead atoms. The lowest BCUT2D eigenvalue weighted by atomic mass is 10.0. The zero-order chi connectivity index (χ0) is 13.1. The van der Waals surface area contributed by atoms with E-state index in [4.69, 9.17) is 0 Å². The van der Waals surface area contributed by atoms with Crippen LogP contribution in [0.5, 0.6) is 0 Å². The molecule has 2 aromatic rings. The van der Waals surface area contributed by atoms with Crippen LogP contribution < -0.4 is 5.32 Å². The summed E-state index contributed by atoms with van der Waals surface area (Å²) in [7, 11) is 0. The average Bonchev–Trinajstić information content (AvgIpc) is 2.74. The van der Waals surface area contributed by atoms with E-state index in [1.807, 2.05) is 13.0 Å². The van der Waals surface area contributed by atoms with E-state index in [1.165, 1.54) is 10.9 Å². The van der Waals surface area contributed by atoms with E-state index >= 15 is 0 Å². The van der Waals surface area contributed by atoms with Crippen molar-refractivity contribution in [1.82, 2.24) is 5.32 Å². The first-order valence-corrected chi connectivity index (χ1v) is 7.48. The molecule has 1 atom stereocenters. The average molecular weight is 328 g/mol. The lowest BCUT2D eigenvalue weighted by Crippen LogP contribution is -2.22. The van der Waals surface area contributed by atoms with Crippen LogP contribution in [-0.2, 0) is 0 Å². The van der Waals surface area contributed by atoms with Gasteiger partial charge in [0.05, 0.1) is 6.04 Å². The predicted octanol–water partition coefficient (Wildman–Crippen LogP) is 4.66. The predicted molar refractivity (Wildman–Crippen MR) is 78.7 cm³/mol. The van der Waals surface area contributed by atoms with E-state index in [0.29, 0.717) is 5.56 Å². The molecule has 1 nitrogen and oxygen atoms in total. The van der Waals surface area contributed by atoms with Crippen molar-refractivity contribution in [1.29, 1.82) is 0 Å². The third-order valence-corrected chi connectivity index (χ3v) is 4.50. The zero-order valence-electron chi connectivity index (χ0n) is 10.3. The van der Waals surface area contributed by atoms with E-state index in [1.54, 1.807) is 17.4 Å². The molecule has 0 spiro atoms. The molecule has 0 aliphatic carbocycles. The lowest BCUT2D eigenvalue weighted by molar-refractivity contribution is 0.561. The summed E-state index contributed by atoms with van der Waals surface area (Å²) in [6.07, 6.45) is 0. The number of nitrogens with one attached hydrogen (secondary N) is 1. The molecule has 1 heterocycles. The summed E-state index contributed by atoms with van der Waals surface area (Å²) in [5, 5.41) is 3.35. The number of rotatable bonds is 4. The lowest BCUT2D eigenvalue weighted by Gasteiger charge is -2.19. The van der Waals surface area contributed by atoms with Gasteiger partial charge in [-0.3, -0.25) is 0 Å². The van der Waals surface area contributed by atoms with Crippen LogP contribution in [0.3, 0.4) is 0 Å².